The van der Waals surface area contributed by atoms with Crippen LogP contribution in [0, 0.1) is 10.1 Å². The van der Waals surface area contributed by atoms with Gasteiger partial charge in [0.1, 0.15) is 5.56 Å². The smallest absolute Gasteiger partial charge is 0.282 e. The van der Waals surface area contributed by atoms with Gasteiger partial charge < -0.3 is 5.32 Å². The molecule has 0 radical (unpaired) electrons. The van der Waals surface area contributed by atoms with Crippen LogP contribution < -0.4 is 5.32 Å². The van der Waals surface area contributed by atoms with Crippen LogP contribution in [0.15, 0.2) is 48.5 Å². The Labute approximate surface area is 120 Å². The zero-order valence-corrected chi connectivity index (χ0v) is 11.1. The molecule has 0 fully saturated rings. The van der Waals surface area contributed by atoms with Crippen molar-refractivity contribution in [2.24, 2.45) is 0 Å². The highest BCUT2D eigenvalue weighted by Gasteiger charge is 2.18. The van der Waals surface area contributed by atoms with Crippen molar-refractivity contribution in [1.29, 1.82) is 0 Å². The van der Waals surface area contributed by atoms with Crippen LogP contribution in [0.25, 0.3) is 0 Å². The largest absolute Gasteiger partial charge is 0.348 e. The quantitative estimate of drug-likeness (QED) is 0.694. The molecule has 2 rings (SSSR count). The lowest BCUT2D eigenvalue weighted by atomic mass is 10.1. The first kappa shape index (κ1) is 14.0. The minimum absolute atomic E-state index is 0.0320. The highest BCUT2D eigenvalue weighted by molar-refractivity contribution is 6.31. The number of halogens is 1. The summed E-state index contributed by atoms with van der Waals surface area (Å²) in [5, 5.41) is 14.0. The van der Waals surface area contributed by atoms with Gasteiger partial charge in [-0.25, -0.2) is 0 Å². The number of nitro benzene ring substituents is 1. The third-order valence-corrected chi connectivity index (χ3v) is 3.11. The molecule has 0 saturated carbocycles. The van der Waals surface area contributed by atoms with Gasteiger partial charge in [0, 0.05) is 17.6 Å². The molecule has 1 amide bonds. The van der Waals surface area contributed by atoms with Crippen molar-refractivity contribution in [3.63, 3.8) is 0 Å². The van der Waals surface area contributed by atoms with Crippen molar-refractivity contribution >= 4 is 23.2 Å². The van der Waals surface area contributed by atoms with Crippen LogP contribution in [0.4, 0.5) is 5.69 Å². The molecule has 0 spiro atoms. The van der Waals surface area contributed by atoms with Gasteiger partial charge in [0.15, 0.2) is 0 Å². The minimum atomic E-state index is -0.579. The molecule has 5 nitrogen and oxygen atoms in total. The molecule has 2 aromatic carbocycles. The van der Waals surface area contributed by atoms with E-state index in [0.29, 0.717) is 5.02 Å². The predicted octanol–water partition coefficient (Wildman–Crippen LogP) is 3.18. The van der Waals surface area contributed by atoms with E-state index < -0.39 is 10.8 Å². The van der Waals surface area contributed by atoms with Crippen LogP contribution in [-0.2, 0) is 6.54 Å². The SMILES string of the molecule is O=C(NCc1ccccc1Cl)c1ccccc1[N+](=O)[O-]. The van der Waals surface area contributed by atoms with Crippen molar-refractivity contribution < 1.29 is 9.72 Å². The van der Waals surface area contributed by atoms with E-state index in [1.54, 1.807) is 30.3 Å². The summed E-state index contributed by atoms with van der Waals surface area (Å²) < 4.78 is 0. The minimum Gasteiger partial charge on any atom is -0.348 e. The number of carbonyl (C=O) groups excluding carboxylic acids is 1. The summed E-state index contributed by atoms with van der Waals surface area (Å²) >= 11 is 5.98. The second-order valence-electron chi connectivity index (χ2n) is 4.05. The molecular formula is C14H11ClN2O3. The van der Waals surface area contributed by atoms with Crippen LogP contribution in [-0.4, -0.2) is 10.8 Å². The van der Waals surface area contributed by atoms with E-state index in [4.69, 9.17) is 11.6 Å². The third kappa shape index (κ3) is 3.13. The molecule has 102 valence electrons. The van der Waals surface area contributed by atoms with E-state index in [9.17, 15) is 14.9 Å². The van der Waals surface area contributed by atoms with E-state index in [-0.39, 0.29) is 17.8 Å². The Hall–Kier alpha value is -2.40. The molecule has 0 atom stereocenters. The van der Waals surface area contributed by atoms with Crippen LogP contribution in [0.3, 0.4) is 0 Å². The molecule has 0 heterocycles. The fourth-order valence-corrected chi connectivity index (χ4v) is 1.94. The molecule has 0 aliphatic rings. The number of hydrogen-bond acceptors (Lipinski definition) is 3. The van der Waals surface area contributed by atoms with Gasteiger partial charge in [0.05, 0.1) is 4.92 Å². The Morgan fingerprint density at radius 3 is 2.50 bits per heavy atom. The molecule has 20 heavy (non-hydrogen) atoms. The molecule has 6 heteroatoms. The van der Waals surface area contributed by atoms with Gasteiger partial charge in [-0.2, -0.15) is 0 Å². The third-order valence-electron chi connectivity index (χ3n) is 2.74. The van der Waals surface area contributed by atoms with Gasteiger partial charge in [0.25, 0.3) is 11.6 Å². The monoisotopic (exact) mass is 290 g/mol. The molecule has 2 aromatic rings. The molecule has 0 bridgehead atoms. The van der Waals surface area contributed by atoms with E-state index >= 15 is 0 Å². The van der Waals surface area contributed by atoms with Crippen LogP contribution in [0.1, 0.15) is 15.9 Å². The normalized spacial score (nSPS) is 10.1. The van der Waals surface area contributed by atoms with Gasteiger partial charge in [-0.3, -0.25) is 14.9 Å². The van der Waals surface area contributed by atoms with Crippen LogP contribution in [0.2, 0.25) is 5.02 Å². The number of nitrogens with zero attached hydrogens (tertiary/aromatic N) is 1. The molecule has 0 unspecified atom stereocenters. The summed E-state index contributed by atoms with van der Waals surface area (Å²) in [4.78, 5) is 22.3. The second kappa shape index (κ2) is 6.16. The van der Waals surface area contributed by atoms with Crippen molar-refractivity contribution in [1.82, 2.24) is 5.32 Å². The van der Waals surface area contributed by atoms with Gasteiger partial charge in [0.2, 0.25) is 0 Å². The van der Waals surface area contributed by atoms with Crippen molar-refractivity contribution in [3.8, 4) is 0 Å². The van der Waals surface area contributed by atoms with Gasteiger partial charge >= 0.3 is 0 Å². The number of carbonyl (C=O) groups is 1. The second-order valence-corrected chi connectivity index (χ2v) is 4.46. The van der Waals surface area contributed by atoms with E-state index in [1.807, 2.05) is 0 Å². The van der Waals surface area contributed by atoms with E-state index in [1.165, 1.54) is 18.2 Å². The summed E-state index contributed by atoms with van der Waals surface area (Å²) in [7, 11) is 0. The van der Waals surface area contributed by atoms with Gasteiger partial charge in [-0.1, -0.05) is 41.9 Å². The lowest BCUT2D eigenvalue weighted by Crippen LogP contribution is -2.23. The number of nitro groups is 1. The Morgan fingerprint density at radius 1 is 1.15 bits per heavy atom. The maximum Gasteiger partial charge on any atom is 0.282 e. The van der Waals surface area contributed by atoms with Gasteiger partial charge in [-0.05, 0) is 17.7 Å². The number of para-hydroxylation sites is 1. The molecule has 0 aromatic heterocycles. The van der Waals surface area contributed by atoms with Gasteiger partial charge in [-0.15, -0.1) is 0 Å². The van der Waals surface area contributed by atoms with Crippen molar-refractivity contribution in [3.05, 3.63) is 74.8 Å². The average Bonchev–Trinajstić information content (AvgIpc) is 2.46. The zero-order chi connectivity index (χ0) is 14.5. The number of rotatable bonds is 4. The van der Waals surface area contributed by atoms with Crippen LogP contribution in [0.5, 0.6) is 0 Å². The first-order valence-electron chi connectivity index (χ1n) is 5.84. The molecular weight excluding hydrogens is 280 g/mol. The Kier molecular flexibility index (Phi) is 4.32. The Balaban J connectivity index is 2.14. The van der Waals surface area contributed by atoms with Crippen LogP contribution >= 0.6 is 11.6 Å². The standard InChI is InChI=1S/C14H11ClN2O3/c15-12-7-3-1-5-10(12)9-16-14(18)11-6-2-4-8-13(11)17(19)20/h1-8H,9H2,(H,16,18). The topological polar surface area (TPSA) is 72.2 Å². The van der Waals surface area contributed by atoms with Crippen molar-refractivity contribution in [2.75, 3.05) is 0 Å². The highest BCUT2D eigenvalue weighted by Crippen LogP contribution is 2.18. The summed E-state index contributed by atoms with van der Waals surface area (Å²) in [5.41, 5.74) is 0.565. The first-order chi connectivity index (χ1) is 9.59. The maximum atomic E-state index is 12.0. The highest BCUT2D eigenvalue weighted by atomic mass is 35.5. The maximum absolute atomic E-state index is 12.0. The van der Waals surface area contributed by atoms with E-state index in [2.05, 4.69) is 5.32 Å². The molecule has 0 aliphatic heterocycles. The molecule has 1 N–H and O–H groups in total. The fraction of sp³-hybridized carbons (Fsp3) is 0.0714. The average molecular weight is 291 g/mol. The number of hydrogen-bond donors (Lipinski definition) is 1. The Morgan fingerprint density at radius 2 is 1.80 bits per heavy atom. The fourth-order valence-electron chi connectivity index (χ4n) is 1.74. The number of amides is 1. The summed E-state index contributed by atoms with van der Waals surface area (Å²) in [5.74, 6) is -0.503. The predicted molar refractivity (Wildman–Crippen MR) is 75.7 cm³/mol. The molecule has 0 saturated heterocycles. The van der Waals surface area contributed by atoms with E-state index in [0.717, 1.165) is 5.56 Å². The zero-order valence-electron chi connectivity index (χ0n) is 10.4. The summed E-state index contributed by atoms with van der Waals surface area (Å²) in [6.45, 7) is 0.213. The van der Waals surface area contributed by atoms with Crippen molar-refractivity contribution in [2.45, 2.75) is 6.54 Å². The number of nitrogens with one attached hydrogen (secondary N) is 1. The Bertz CT molecular complexity index is 658. The summed E-state index contributed by atoms with van der Waals surface area (Å²) in [6.07, 6.45) is 0. The number of benzene rings is 2. The summed E-state index contributed by atoms with van der Waals surface area (Å²) in [6, 6.07) is 12.9. The molecule has 0 aliphatic carbocycles. The first-order valence-corrected chi connectivity index (χ1v) is 6.22. The lowest BCUT2D eigenvalue weighted by molar-refractivity contribution is -0.385. The lowest BCUT2D eigenvalue weighted by Gasteiger charge is -2.07.